The molecule has 2 N–H and O–H groups in total. The van der Waals surface area contributed by atoms with Crippen LogP contribution in [0.1, 0.15) is 31.7 Å². The maximum Gasteiger partial charge on any atom is 0.303 e. The summed E-state index contributed by atoms with van der Waals surface area (Å²) in [7, 11) is 0. The lowest BCUT2D eigenvalue weighted by Crippen LogP contribution is -2.16. The van der Waals surface area contributed by atoms with Crippen LogP contribution in [0.3, 0.4) is 0 Å². The normalized spacial score (nSPS) is 11.8. The Kier molecular flexibility index (Phi) is 4.72. The highest BCUT2D eigenvalue weighted by atomic mass is 16.4. The summed E-state index contributed by atoms with van der Waals surface area (Å²) in [4.78, 5) is 14.8. The summed E-state index contributed by atoms with van der Waals surface area (Å²) in [5.74, 6) is -0.783. The van der Waals surface area contributed by atoms with Gasteiger partial charge in [0.05, 0.1) is 16.8 Å². The molecule has 0 saturated heterocycles. The topological polar surface area (TPSA) is 86.0 Å². The van der Waals surface area contributed by atoms with Gasteiger partial charge >= 0.3 is 5.97 Å². The van der Waals surface area contributed by atoms with Gasteiger partial charge in [0.15, 0.2) is 0 Å². The average molecular weight is 283 g/mol. The first-order valence-electron chi connectivity index (χ1n) is 6.88. The average Bonchev–Trinajstić information content (AvgIpc) is 2.47. The molecular weight excluding hydrogens is 266 g/mol. The Morgan fingerprint density at radius 3 is 2.95 bits per heavy atom. The zero-order valence-corrected chi connectivity index (χ0v) is 11.8. The number of carboxylic acid groups (broad SMARTS) is 1. The van der Waals surface area contributed by atoms with Crippen LogP contribution in [0.25, 0.3) is 10.9 Å². The molecule has 1 heterocycles. The third-order valence-corrected chi connectivity index (χ3v) is 3.31. The number of carboxylic acids is 1. The second kappa shape index (κ2) is 6.71. The third-order valence-electron chi connectivity index (χ3n) is 3.31. The van der Waals surface area contributed by atoms with Gasteiger partial charge in [0.25, 0.3) is 0 Å². The highest BCUT2D eigenvalue weighted by Gasteiger charge is 2.11. The van der Waals surface area contributed by atoms with E-state index < -0.39 is 5.97 Å². The van der Waals surface area contributed by atoms with Crippen molar-refractivity contribution >= 4 is 22.6 Å². The van der Waals surface area contributed by atoms with Crippen LogP contribution in [0.15, 0.2) is 30.5 Å². The van der Waals surface area contributed by atoms with E-state index >= 15 is 0 Å². The lowest BCUT2D eigenvalue weighted by atomic mass is 10.1. The summed E-state index contributed by atoms with van der Waals surface area (Å²) < 4.78 is 0. The molecule has 0 spiro atoms. The summed E-state index contributed by atoms with van der Waals surface area (Å²) >= 11 is 0. The number of nitrogens with one attached hydrogen (secondary N) is 1. The molecule has 1 aromatic carbocycles. The molecule has 108 valence electrons. The van der Waals surface area contributed by atoms with Crippen LogP contribution in [0.4, 0.5) is 5.69 Å². The van der Waals surface area contributed by atoms with Gasteiger partial charge in [-0.15, -0.1) is 0 Å². The number of nitriles is 1. The minimum Gasteiger partial charge on any atom is -0.481 e. The molecule has 2 aromatic rings. The highest BCUT2D eigenvalue weighted by Crippen LogP contribution is 2.26. The Bertz CT molecular complexity index is 691. The number of rotatable bonds is 6. The fourth-order valence-electron chi connectivity index (χ4n) is 2.26. The van der Waals surface area contributed by atoms with Crippen molar-refractivity contribution in [2.75, 3.05) is 5.32 Å². The van der Waals surface area contributed by atoms with E-state index in [4.69, 9.17) is 5.11 Å². The van der Waals surface area contributed by atoms with Crippen molar-refractivity contribution in [3.05, 3.63) is 36.0 Å². The summed E-state index contributed by atoms with van der Waals surface area (Å²) in [6.07, 6.45) is 3.06. The lowest BCUT2D eigenvalue weighted by Gasteiger charge is -2.17. The van der Waals surface area contributed by atoms with Crippen LogP contribution in [0.5, 0.6) is 0 Å². The number of para-hydroxylation sites is 1. The van der Waals surface area contributed by atoms with E-state index in [9.17, 15) is 10.1 Å². The Morgan fingerprint density at radius 2 is 2.24 bits per heavy atom. The Hall–Kier alpha value is -2.61. The van der Waals surface area contributed by atoms with E-state index in [0.717, 1.165) is 23.0 Å². The first-order chi connectivity index (χ1) is 10.1. The first kappa shape index (κ1) is 14.8. The summed E-state index contributed by atoms with van der Waals surface area (Å²) in [6.45, 7) is 1.98. The molecule has 1 unspecified atom stereocenters. The second-order valence-electron chi connectivity index (χ2n) is 5.01. The van der Waals surface area contributed by atoms with Crippen LogP contribution in [-0.4, -0.2) is 22.1 Å². The molecule has 0 aliphatic heterocycles. The van der Waals surface area contributed by atoms with E-state index in [1.807, 2.05) is 31.2 Å². The molecular formula is C16H17N3O2. The van der Waals surface area contributed by atoms with Gasteiger partial charge in [-0.25, -0.2) is 0 Å². The Morgan fingerprint density at radius 1 is 1.48 bits per heavy atom. The predicted octanol–water partition coefficient (Wildman–Crippen LogP) is 3.16. The van der Waals surface area contributed by atoms with Crippen LogP contribution in [0.2, 0.25) is 0 Å². The zero-order valence-electron chi connectivity index (χ0n) is 11.8. The lowest BCUT2D eigenvalue weighted by molar-refractivity contribution is -0.137. The number of benzene rings is 1. The molecule has 0 fully saturated rings. The second-order valence-corrected chi connectivity index (χ2v) is 5.01. The fraction of sp³-hybridized carbons (Fsp3) is 0.312. The fourth-order valence-corrected chi connectivity index (χ4v) is 2.26. The van der Waals surface area contributed by atoms with Gasteiger partial charge in [-0.1, -0.05) is 18.2 Å². The molecule has 5 heteroatoms. The van der Waals surface area contributed by atoms with Crippen molar-refractivity contribution in [2.24, 2.45) is 0 Å². The van der Waals surface area contributed by atoms with Crippen molar-refractivity contribution in [1.82, 2.24) is 4.98 Å². The van der Waals surface area contributed by atoms with Gasteiger partial charge in [0.2, 0.25) is 0 Å². The number of pyridine rings is 1. The Labute approximate surface area is 123 Å². The molecule has 1 aromatic heterocycles. The van der Waals surface area contributed by atoms with Gasteiger partial charge in [-0.3, -0.25) is 9.78 Å². The van der Waals surface area contributed by atoms with Crippen LogP contribution < -0.4 is 5.32 Å². The predicted molar refractivity (Wildman–Crippen MR) is 81.0 cm³/mol. The molecule has 1 atom stereocenters. The Balaban J connectivity index is 2.20. The van der Waals surface area contributed by atoms with E-state index in [0.29, 0.717) is 12.0 Å². The number of anilines is 1. The number of aliphatic carboxylic acids is 1. The van der Waals surface area contributed by atoms with E-state index in [2.05, 4.69) is 16.4 Å². The van der Waals surface area contributed by atoms with Gasteiger partial charge in [-0.2, -0.15) is 5.26 Å². The van der Waals surface area contributed by atoms with E-state index in [1.165, 1.54) is 0 Å². The number of hydrogen-bond acceptors (Lipinski definition) is 4. The van der Waals surface area contributed by atoms with Gasteiger partial charge in [0, 0.05) is 24.0 Å². The van der Waals surface area contributed by atoms with Crippen LogP contribution in [0, 0.1) is 11.3 Å². The SMILES string of the molecule is CC(CCCC(=O)O)Nc1c(C#N)cnc2ccccc12. The maximum atomic E-state index is 10.5. The van der Waals surface area contributed by atoms with E-state index in [-0.39, 0.29) is 12.5 Å². The summed E-state index contributed by atoms with van der Waals surface area (Å²) in [5, 5.41) is 22.1. The van der Waals surface area contributed by atoms with Crippen molar-refractivity contribution in [1.29, 1.82) is 5.26 Å². The number of hydrogen-bond donors (Lipinski definition) is 2. The van der Waals surface area contributed by atoms with Crippen LogP contribution in [-0.2, 0) is 4.79 Å². The van der Waals surface area contributed by atoms with Gasteiger partial charge in [-0.05, 0) is 25.8 Å². The van der Waals surface area contributed by atoms with Crippen molar-refractivity contribution < 1.29 is 9.90 Å². The molecule has 2 rings (SSSR count). The van der Waals surface area contributed by atoms with Crippen LogP contribution >= 0.6 is 0 Å². The number of nitrogens with zero attached hydrogens (tertiary/aromatic N) is 2. The number of carbonyl (C=O) groups is 1. The largest absolute Gasteiger partial charge is 0.481 e. The molecule has 0 saturated carbocycles. The molecule has 0 bridgehead atoms. The monoisotopic (exact) mass is 283 g/mol. The van der Waals surface area contributed by atoms with Crippen molar-refractivity contribution in [2.45, 2.75) is 32.2 Å². The summed E-state index contributed by atoms with van der Waals surface area (Å²) in [5.41, 5.74) is 2.10. The zero-order chi connectivity index (χ0) is 15.2. The number of aromatic nitrogens is 1. The highest BCUT2D eigenvalue weighted by molar-refractivity contribution is 5.93. The smallest absolute Gasteiger partial charge is 0.303 e. The third kappa shape index (κ3) is 3.69. The molecule has 0 aliphatic carbocycles. The maximum absolute atomic E-state index is 10.5. The molecule has 21 heavy (non-hydrogen) atoms. The molecule has 5 nitrogen and oxygen atoms in total. The van der Waals surface area contributed by atoms with Crippen molar-refractivity contribution in [3.8, 4) is 6.07 Å². The minimum absolute atomic E-state index is 0.0854. The van der Waals surface area contributed by atoms with E-state index in [1.54, 1.807) is 6.20 Å². The van der Waals surface area contributed by atoms with Gasteiger partial charge in [0.1, 0.15) is 6.07 Å². The summed E-state index contributed by atoms with van der Waals surface area (Å²) in [6, 6.07) is 9.87. The number of fused-ring (bicyclic) bond motifs is 1. The van der Waals surface area contributed by atoms with Crippen molar-refractivity contribution in [3.63, 3.8) is 0 Å². The molecule has 0 radical (unpaired) electrons. The van der Waals surface area contributed by atoms with Gasteiger partial charge < -0.3 is 10.4 Å². The molecule has 0 aliphatic rings. The standard InChI is InChI=1S/C16H17N3O2/c1-11(5-4-8-15(20)21)19-16-12(9-17)10-18-14-7-3-2-6-13(14)16/h2-3,6-7,10-11H,4-5,8H2,1H3,(H,18,19)(H,20,21). The first-order valence-corrected chi connectivity index (χ1v) is 6.88. The molecule has 0 amide bonds. The quantitative estimate of drug-likeness (QED) is 0.850. The minimum atomic E-state index is -0.783.